The number of alkyl halides is 1. The third-order valence-corrected chi connectivity index (χ3v) is 4.66. The fourth-order valence-corrected chi connectivity index (χ4v) is 3.11. The maximum Gasteiger partial charge on any atom is 0.0953 e. The molecule has 124 valence electrons. The molecular weight excluding hydrogens is 320 g/mol. The smallest absolute Gasteiger partial charge is 0.0953 e. The molecule has 2 unspecified atom stereocenters. The fourth-order valence-electron chi connectivity index (χ4n) is 2.90. The normalized spacial score (nSPS) is 25.1. The summed E-state index contributed by atoms with van der Waals surface area (Å²) in [6.07, 6.45) is 13.8. The van der Waals surface area contributed by atoms with Crippen molar-refractivity contribution in [3.05, 3.63) is 53.0 Å². The van der Waals surface area contributed by atoms with Gasteiger partial charge in [0.05, 0.1) is 27.8 Å². The molecule has 0 bridgehead atoms. The minimum Gasteiger partial charge on any atom is -0.278 e. The van der Waals surface area contributed by atoms with Gasteiger partial charge in [-0.05, 0) is 26.7 Å². The standard InChI is InChI=1S/C19H21ClN4/c1-4-16(20)19-13(3)21-10-6-5-7-17(22-19)14-8-9-18-15(11-14)12(2)23-24-18/h4,6-7,9-11,14,16,24H,1,5,8H2,2-3H3/b10-6-,17-7-,21-13?,22-19?. The van der Waals surface area contributed by atoms with E-state index >= 15 is 0 Å². The molecule has 24 heavy (non-hydrogen) atoms. The van der Waals surface area contributed by atoms with Crippen LogP contribution in [0.2, 0.25) is 0 Å². The van der Waals surface area contributed by atoms with Crippen LogP contribution < -0.4 is 10.6 Å². The van der Waals surface area contributed by atoms with Crippen LogP contribution in [0.4, 0.5) is 0 Å². The van der Waals surface area contributed by atoms with Gasteiger partial charge in [0.2, 0.25) is 0 Å². The summed E-state index contributed by atoms with van der Waals surface area (Å²) >= 11 is 6.40. The molecule has 0 fully saturated rings. The van der Waals surface area contributed by atoms with Gasteiger partial charge in [-0.3, -0.25) is 15.1 Å². The minimum absolute atomic E-state index is 0.205. The SMILES string of the molecule is C=CC(Cl)C1=N/C(C2C=c3c(C)n[nH]c3=CC2)=C\C/C=C\N=C1C. The van der Waals surface area contributed by atoms with Crippen LogP contribution in [0.3, 0.4) is 0 Å². The van der Waals surface area contributed by atoms with E-state index in [9.17, 15) is 0 Å². The number of aromatic amines is 1. The van der Waals surface area contributed by atoms with Crippen molar-refractivity contribution in [3.8, 4) is 0 Å². The van der Waals surface area contributed by atoms with E-state index in [-0.39, 0.29) is 11.3 Å². The molecule has 4 nitrogen and oxygen atoms in total. The predicted octanol–water partition coefficient (Wildman–Crippen LogP) is 2.80. The van der Waals surface area contributed by atoms with Gasteiger partial charge in [0.15, 0.2) is 0 Å². The molecule has 2 aliphatic rings. The maximum atomic E-state index is 6.40. The number of rotatable bonds is 3. The summed E-state index contributed by atoms with van der Waals surface area (Å²) in [5.74, 6) is 0.205. The average molecular weight is 341 g/mol. The molecular formula is C19H21ClN4. The molecule has 1 aliphatic carbocycles. The van der Waals surface area contributed by atoms with E-state index in [0.717, 1.165) is 46.2 Å². The Morgan fingerprint density at radius 2 is 2.21 bits per heavy atom. The Kier molecular flexibility index (Phi) is 4.95. The van der Waals surface area contributed by atoms with Crippen molar-refractivity contribution >= 4 is 35.2 Å². The molecule has 1 aromatic rings. The van der Waals surface area contributed by atoms with Gasteiger partial charge in [-0.25, -0.2) is 0 Å². The van der Waals surface area contributed by atoms with Gasteiger partial charge in [0.1, 0.15) is 0 Å². The van der Waals surface area contributed by atoms with Crippen LogP contribution in [-0.4, -0.2) is 27.0 Å². The fraction of sp³-hybridized carbons (Fsp3) is 0.316. The predicted molar refractivity (Wildman–Crippen MR) is 102 cm³/mol. The van der Waals surface area contributed by atoms with Crippen molar-refractivity contribution < 1.29 is 0 Å². The first-order valence-electron chi connectivity index (χ1n) is 8.08. The number of aliphatic imine (C=N–C) groups is 2. The van der Waals surface area contributed by atoms with E-state index in [1.807, 2.05) is 26.1 Å². The van der Waals surface area contributed by atoms with Crippen molar-refractivity contribution in [2.75, 3.05) is 0 Å². The molecule has 1 N–H and O–H groups in total. The van der Waals surface area contributed by atoms with Gasteiger partial charge in [-0.2, -0.15) is 5.10 Å². The van der Waals surface area contributed by atoms with Gasteiger partial charge in [-0.15, -0.1) is 18.2 Å². The Labute approximate surface area is 146 Å². The Balaban J connectivity index is 2.06. The molecule has 0 amide bonds. The summed E-state index contributed by atoms with van der Waals surface area (Å²) in [6.45, 7) is 7.73. The Bertz CT molecular complexity index is 883. The van der Waals surface area contributed by atoms with Gasteiger partial charge >= 0.3 is 0 Å². The van der Waals surface area contributed by atoms with Crippen LogP contribution in [0.15, 0.2) is 46.7 Å². The molecule has 1 aromatic heterocycles. The molecule has 2 heterocycles. The number of halogens is 1. The van der Waals surface area contributed by atoms with E-state index in [1.165, 1.54) is 0 Å². The number of H-pyrrole nitrogens is 1. The highest BCUT2D eigenvalue weighted by molar-refractivity contribution is 6.53. The third-order valence-electron chi connectivity index (χ3n) is 4.27. The van der Waals surface area contributed by atoms with Crippen LogP contribution in [-0.2, 0) is 0 Å². The molecule has 0 radical (unpaired) electrons. The van der Waals surface area contributed by atoms with Crippen molar-refractivity contribution in [3.63, 3.8) is 0 Å². The number of allylic oxidation sites excluding steroid dienone is 4. The highest BCUT2D eigenvalue weighted by Crippen LogP contribution is 2.23. The van der Waals surface area contributed by atoms with E-state index in [1.54, 1.807) is 6.08 Å². The first-order valence-corrected chi connectivity index (χ1v) is 8.52. The van der Waals surface area contributed by atoms with Gasteiger partial charge < -0.3 is 0 Å². The molecule has 1 aliphatic heterocycles. The van der Waals surface area contributed by atoms with Gasteiger partial charge in [-0.1, -0.05) is 30.4 Å². The van der Waals surface area contributed by atoms with Crippen molar-refractivity contribution in [2.45, 2.75) is 32.1 Å². The zero-order valence-electron chi connectivity index (χ0n) is 14.0. The number of aryl methyl sites for hydroxylation is 1. The van der Waals surface area contributed by atoms with Gasteiger partial charge in [0, 0.05) is 23.0 Å². The molecule has 0 aromatic carbocycles. The molecule has 2 atom stereocenters. The Morgan fingerprint density at radius 1 is 1.38 bits per heavy atom. The number of nitrogens with one attached hydrogen (secondary N) is 1. The van der Waals surface area contributed by atoms with E-state index in [4.69, 9.17) is 16.6 Å². The number of nitrogens with zero attached hydrogens (tertiary/aromatic N) is 3. The second kappa shape index (κ2) is 7.14. The molecule has 0 saturated heterocycles. The number of hydrogen-bond donors (Lipinski definition) is 1. The van der Waals surface area contributed by atoms with E-state index < -0.39 is 0 Å². The second-order valence-corrected chi connectivity index (χ2v) is 6.42. The zero-order valence-corrected chi connectivity index (χ0v) is 14.7. The lowest BCUT2D eigenvalue weighted by atomic mass is 9.95. The number of fused-ring (bicyclic) bond motifs is 1. The minimum atomic E-state index is -0.359. The monoisotopic (exact) mass is 340 g/mol. The molecule has 0 spiro atoms. The summed E-state index contributed by atoms with van der Waals surface area (Å²) in [6, 6.07) is 0. The summed E-state index contributed by atoms with van der Waals surface area (Å²) in [4.78, 5) is 9.30. The second-order valence-electron chi connectivity index (χ2n) is 5.95. The van der Waals surface area contributed by atoms with Crippen LogP contribution in [0.5, 0.6) is 0 Å². The summed E-state index contributed by atoms with van der Waals surface area (Å²) in [5, 5.41) is 9.25. The van der Waals surface area contributed by atoms with Crippen molar-refractivity contribution in [1.82, 2.24) is 10.2 Å². The van der Waals surface area contributed by atoms with E-state index in [2.05, 4.69) is 40.0 Å². The zero-order chi connectivity index (χ0) is 17.1. The van der Waals surface area contributed by atoms with Crippen LogP contribution >= 0.6 is 11.6 Å². The third kappa shape index (κ3) is 3.34. The Hall–Kier alpha value is -2.20. The maximum absolute atomic E-state index is 6.40. The lowest BCUT2D eigenvalue weighted by Gasteiger charge is -2.17. The highest BCUT2D eigenvalue weighted by Gasteiger charge is 2.19. The van der Waals surface area contributed by atoms with Crippen LogP contribution in [0, 0.1) is 12.8 Å². The van der Waals surface area contributed by atoms with Crippen LogP contribution in [0.1, 0.15) is 25.5 Å². The first-order chi connectivity index (χ1) is 11.6. The van der Waals surface area contributed by atoms with Gasteiger partial charge in [0.25, 0.3) is 0 Å². The topological polar surface area (TPSA) is 53.4 Å². The van der Waals surface area contributed by atoms with Crippen molar-refractivity contribution in [2.24, 2.45) is 15.9 Å². The highest BCUT2D eigenvalue weighted by atomic mass is 35.5. The number of hydrogen-bond acceptors (Lipinski definition) is 3. The molecule has 0 saturated carbocycles. The molecule has 5 heteroatoms. The lowest BCUT2D eigenvalue weighted by Crippen LogP contribution is -2.29. The first kappa shape index (κ1) is 16.7. The quantitative estimate of drug-likeness (QED) is 0.667. The van der Waals surface area contributed by atoms with Crippen LogP contribution in [0.25, 0.3) is 12.2 Å². The largest absolute Gasteiger partial charge is 0.278 e. The average Bonchev–Trinajstić information content (AvgIpc) is 3.00. The van der Waals surface area contributed by atoms with E-state index in [0.29, 0.717) is 0 Å². The summed E-state index contributed by atoms with van der Waals surface area (Å²) in [5.41, 5.74) is 3.60. The van der Waals surface area contributed by atoms with Crippen molar-refractivity contribution in [1.29, 1.82) is 0 Å². The number of aromatic nitrogens is 2. The molecule has 3 rings (SSSR count). The summed E-state index contributed by atoms with van der Waals surface area (Å²) in [7, 11) is 0. The Morgan fingerprint density at radius 3 is 3.00 bits per heavy atom. The lowest BCUT2D eigenvalue weighted by molar-refractivity contribution is 0.808. The summed E-state index contributed by atoms with van der Waals surface area (Å²) < 4.78 is 0.